The maximum absolute atomic E-state index is 11.2. The molecule has 0 saturated carbocycles. The van der Waals surface area contributed by atoms with Crippen LogP contribution in [0.4, 0.5) is 0 Å². The molecule has 0 radical (unpaired) electrons. The van der Waals surface area contributed by atoms with Gasteiger partial charge in [0.15, 0.2) is 0 Å². The van der Waals surface area contributed by atoms with Crippen LogP contribution in [0, 0.1) is 11.3 Å². The highest BCUT2D eigenvalue weighted by molar-refractivity contribution is 5.76. The molecule has 21 heavy (non-hydrogen) atoms. The number of benzene rings is 1. The number of amides is 1. The summed E-state index contributed by atoms with van der Waals surface area (Å²) in [6.45, 7) is 2.53. The van der Waals surface area contributed by atoms with Crippen LogP contribution in [0.15, 0.2) is 24.3 Å². The van der Waals surface area contributed by atoms with Gasteiger partial charge in [0.05, 0.1) is 5.56 Å². The lowest BCUT2D eigenvalue weighted by atomic mass is 10.2. The molecular weight excluding hydrogens is 270 g/mol. The molecule has 2 N–H and O–H groups in total. The van der Waals surface area contributed by atoms with Crippen molar-refractivity contribution in [3.05, 3.63) is 29.8 Å². The van der Waals surface area contributed by atoms with Gasteiger partial charge in [0, 0.05) is 32.6 Å². The number of carbonyl (C=O) groups excluding carboxylic acids is 1. The quantitative estimate of drug-likeness (QED) is 0.804. The Morgan fingerprint density at radius 3 is 3.05 bits per heavy atom. The van der Waals surface area contributed by atoms with Crippen LogP contribution in [-0.2, 0) is 4.79 Å². The van der Waals surface area contributed by atoms with Gasteiger partial charge in [-0.05, 0) is 12.1 Å². The maximum Gasteiger partial charge on any atom is 0.221 e. The molecule has 1 aromatic carbocycles. The fourth-order valence-corrected chi connectivity index (χ4v) is 2.22. The average Bonchev–Trinajstić information content (AvgIpc) is 2.70. The molecule has 1 aliphatic heterocycles. The zero-order chi connectivity index (χ0) is 15.1. The molecular formula is C15H19N3O3. The molecule has 6 heteroatoms. The fraction of sp³-hybridized carbons (Fsp3) is 0.467. The number of nitriles is 1. The van der Waals surface area contributed by atoms with Gasteiger partial charge < -0.3 is 15.2 Å². The lowest BCUT2D eigenvalue weighted by Crippen LogP contribution is -2.37. The van der Waals surface area contributed by atoms with Crippen molar-refractivity contribution in [2.75, 3.05) is 32.8 Å². The molecule has 0 aromatic heterocycles. The van der Waals surface area contributed by atoms with Gasteiger partial charge >= 0.3 is 0 Å². The lowest BCUT2D eigenvalue weighted by Gasteiger charge is -2.22. The Morgan fingerprint density at radius 1 is 1.43 bits per heavy atom. The highest BCUT2D eigenvalue weighted by Crippen LogP contribution is 2.16. The molecule has 0 spiro atoms. The Kier molecular flexibility index (Phi) is 5.55. The second kappa shape index (κ2) is 7.62. The SMILES string of the molecule is N#Cc1ccccc1OCC(O)CN1CCNC(=O)CC1. The van der Waals surface area contributed by atoms with E-state index in [1.54, 1.807) is 24.3 Å². The molecule has 2 rings (SSSR count). The van der Waals surface area contributed by atoms with Crippen molar-refractivity contribution >= 4 is 5.91 Å². The molecule has 1 atom stereocenters. The third-order valence-electron chi connectivity index (χ3n) is 3.31. The van der Waals surface area contributed by atoms with Crippen LogP contribution in [0.25, 0.3) is 0 Å². The van der Waals surface area contributed by atoms with E-state index in [0.717, 1.165) is 6.54 Å². The molecule has 0 aliphatic carbocycles. The second-order valence-electron chi connectivity index (χ2n) is 4.97. The van der Waals surface area contributed by atoms with Gasteiger partial charge in [-0.3, -0.25) is 9.69 Å². The zero-order valence-electron chi connectivity index (χ0n) is 11.8. The molecule has 1 fully saturated rings. The van der Waals surface area contributed by atoms with Gasteiger partial charge in [0.2, 0.25) is 5.91 Å². The smallest absolute Gasteiger partial charge is 0.221 e. The van der Waals surface area contributed by atoms with Crippen LogP contribution in [0.1, 0.15) is 12.0 Å². The maximum atomic E-state index is 11.2. The summed E-state index contributed by atoms with van der Waals surface area (Å²) in [5.41, 5.74) is 0.453. The Hall–Kier alpha value is -2.10. The van der Waals surface area contributed by atoms with Gasteiger partial charge in [-0.2, -0.15) is 5.26 Å². The van der Waals surface area contributed by atoms with E-state index in [9.17, 15) is 9.90 Å². The molecule has 0 bridgehead atoms. The standard InChI is InChI=1S/C15H19N3O3/c16-9-12-3-1-2-4-14(12)21-11-13(19)10-18-7-5-15(20)17-6-8-18/h1-4,13,19H,5-8,10-11H2,(H,17,20). The number of β-amino-alcohol motifs (C(OH)–C–C–N with tert-alkyl or cyclic N) is 1. The first-order valence-corrected chi connectivity index (χ1v) is 6.98. The van der Waals surface area contributed by atoms with Crippen molar-refractivity contribution < 1.29 is 14.6 Å². The van der Waals surface area contributed by atoms with Crippen LogP contribution >= 0.6 is 0 Å². The Balaban J connectivity index is 1.80. The summed E-state index contributed by atoms with van der Waals surface area (Å²) in [5, 5.41) is 21.8. The monoisotopic (exact) mass is 289 g/mol. The Bertz CT molecular complexity index is 527. The number of hydrogen-bond donors (Lipinski definition) is 2. The van der Waals surface area contributed by atoms with E-state index in [-0.39, 0.29) is 12.5 Å². The summed E-state index contributed by atoms with van der Waals surface area (Å²) in [7, 11) is 0. The van der Waals surface area contributed by atoms with Crippen LogP contribution in [0.3, 0.4) is 0 Å². The largest absolute Gasteiger partial charge is 0.489 e. The Morgan fingerprint density at radius 2 is 2.24 bits per heavy atom. The molecule has 1 heterocycles. The summed E-state index contributed by atoms with van der Waals surface area (Å²) in [5.74, 6) is 0.526. The summed E-state index contributed by atoms with van der Waals surface area (Å²) in [6, 6.07) is 8.99. The number of carbonyl (C=O) groups is 1. The van der Waals surface area contributed by atoms with Gasteiger partial charge in [0.25, 0.3) is 0 Å². The zero-order valence-corrected chi connectivity index (χ0v) is 11.8. The van der Waals surface area contributed by atoms with E-state index >= 15 is 0 Å². The summed E-state index contributed by atoms with van der Waals surface area (Å²) < 4.78 is 5.50. The van der Waals surface area contributed by atoms with Gasteiger partial charge in [-0.25, -0.2) is 0 Å². The summed E-state index contributed by atoms with van der Waals surface area (Å²) in [4.78, 5) is 13.3. The van der Waals surface area contributed by atoms with Crippen molar-refractivity contribution in [1.29, 1.82) is 5.26 Å². The molecule has 1 aromatic rings. The fourth-order valence-electron chi connectivity index (χ4n) is 2.22. The normalized spacial score (nSPS) is 17.4. The average molecular weight is 289 g/mol. The predicted octanol–water partition coefficient (Wildman–Crippen LogP) is 0.120. The minimum atomic E-state index is -0.662. The molecule has 6 nitrogen and oxygen atoms in total. The van der Waals surface area contributed by atoms with Crippen molar-refractivity contribution in [2.45, 2.75) is 12.5 Å². The van der Waals surface area contributed by atoms with Crippen molar-refractivity contribution in [3.8, 4) is 11.8 Å². The molecule has 1 unspecified atom stereocenters. The number of rotatable bonds is 5. The first-order chi connectivity index (χ1) is 10.2. The highest BCUT2D eigenvalue weighted by atomic mass is 16.5. The van der Waals surface area contributed by atoms with Crippen LogP contribution in [0.2, 0.25) is 0 Å². The minimum Gasteiger partial charge on any atom is -0.489 e. The minimum absolute atomic E-state index is 0.0474. The molecule has 1 amide bonds. The van der Waals surface area contributed by atoms with E-state index in [0.29, 0.717) is 37.4 Å². The first kappa shape index (κ1) is 15.3. The molecule has 1 aliphatic rings. The summed E-state index contributed by atoms with van der Waals surface area (Å²) in [6.07, 6.45) is -0.213. The van der Waals surface area contributed by atoms with E-state index in [4.69, 9.17) is 10.00 Å². The van der Waals surface area contributed by atoms with Crippen LogP contribution in [0.5, 0.6) is 5.75 Å². The third kappa shape index (κ3) is 4.74. The molecule has 112 valence electrons. The van der Waals surface area contributed by atoms with E-state index in [1.165, 1.54) is 0 Å². The molecule has 1 saturated heterocycles. The first-order valence-electron chi connectivity index (χ1n) is 6.98. The number of aliphatic hydroxyl groups excluding tert-OH is 1. The number of hydrogen-bond acceptors (Lipinski definition) is 5. The number of ether oxygens (including phenoxy) is 1. The number of para-hydroxylation sites is 1. The van der Waals surface area contributed by atoms with Crippen molar-refractivity contribution in [2.24, 2.45) is 0 Å². The number of nitrogens with one attached hydrogen (secondary N) is 1. The Labute approximate surface area is 123 Å². The topological polar surface area (TPSA) is 85.6 Å². The lowest BCUT2D eigenvalue weighted by molar-refractivity contribution is -0.120. The van der Waals surface area contributed by atoms with Crippen molar-refractivity contribution in [3.63, 3.8) is 0 Å². The number of nitrogens with zero attached hydrogens (tertiary/aromatic N) is 2. The van der Waals surface area contributed by atoms with E-state index in [2.05, 4.69) is 11.4 Å². The second-order valence-corrected chi connectivity index (χ2v) is 4.97. The van der Waals surface area contributed by atoms with Crippen molar-refractivity contribution in [1.82, 2.24) is 10.2 Å². The highest BCUT2D eigenvalue weighted by Gasteiger charge is 2.17. The number of aliphatic hydroxyl groups is 1. The van der Waals surface area contributed by atoms with Crippen LogP contribution < -0.4 is 10.1 Å². The summed E-state index contributed by atoms with van der Waals surface area (Å²) >= 11 is 0. The predicted molar refractivity (Wildman–Crippen MR) is 76.7 cm³/mol. The van der Waals surface area contributed by atoms with Crippen LogP contribution in [-0.4, -0.2) is 54.8 Å². The van der Waals surface area contributed by atoms with E-state index in [1.807, 2.05) is 4.90 Å². The van der Waals surface area contributed by atoms with Gasteiger partial charge in [-0.1, -0.05) is 12.1 Å². The van der Waals surface area contributed by atoms with Gasteiger partial charge in [0.1, 0.15) is 24.5 Å². The third-order valence-corrected chi connectivity index (χ3v) is 3.31. The van der Waals surface area contributed by atoms with E-state index < -0.39 is 6.10 Å². The van der Waals surface area contributed by atoms with Gasteiger partial charge in [-0.15, -0.1) is 0 Å².